The molecule has 1 aromatic carbocycles. The molecule has 0 radical (unpaired) electrons. The summed E-state index contributed by atoms with van der Waals surface area (Å²) in [5, 5.41) is 8.61. The summed E-state index contributed by atoms with van der Waals surface area (Å²) in [6.45, 7) is 8.47. The Hall–Kier alpha value is -1.76. The van der Waals surface area contributed by atoms with Gasteiger partial charge in [-0.1, -0.05) is 6.07 Å². The minimum Gasteiger partial charge on any atom is -0.455 e. The van der Waals surface area contributed by atoms with Crippen LogP contribution in [0.2, 0.25) is 0 Å². The quantitative estimate of drug-likeness (QED) is 0.665. The number of fused-ring (bicyclic) bond motifs is 7. The lowest BCUT2D eigenvalue weighted by Gasteiger charge is -2.54. The normalized spacial score (nSPS) is 42.3. The predicted octanol–water partition coefficient (Wildman–Crippen LogP) is 3.08. The highest BCUT2D eigenvalue weighted by Gasteiger charge is 2.56. The molecule has 7 unspecified atom stereocenters. The van der Waals surface area contributed by atoms with Crippen LogP contribution in [0.4, 0.5) is 11.4 Å². The molecule has 4 bridgehead atoms. The number of furan rings is 1. The molecule has 1 aromatic heterocycles. The first-order valence-corrected chi connectivity index (χ1v) is 11.9. The molecule has 30 heavy (non-hydrogen) atoms. The molecule has 6 heterocycles. The molecule has 2 aromatic rings. The van der Waals surface area contributed by atoms with Crippen molar-refractivity contribution in [3.05, 3.63) is 24.0 Å². The van der Waals surface area contributed by atoms with E-state index in [0.29, 0.717) is 0 Å². The third kappa shape index (κ3) is 2.47. The summed E-state index contributed by atoms with van der Waals surface area (Å²) < 4.78 is 6.58. The molecule has 5 aliphatic rings. The molecule has 0 aliphatic carbocycles. The topological polar surface area (TPSA) is 69.7 Å². The predicted molar refractivity (Wildman–Crippen MR) is 119 cm³/mol. The van der Waals surface area contributed by atoms with Crippen molar-refractivity contribution in [2.75, 3.05) is 57.0 Å². The number of nitrogen functional groups attached to an aromatic ring is 1. The summed E-state index contributed by atoms with van der Waals surface area (Å²) in [6, 6.07) is 6.40. The molecule has 6 nitrogen and oxygen atoms in total. The van der Waals surface area contributed by atoms with Crippen LogP contribution in [-0.2, 0) is 0 Å². The average Bonchev–Trinajstić information content (AvgIpc) is 3.42. The Balaban J connectivity index is 1.37. The van der Waals surface area contributed by atoms with Gasteiger partial charge in [-0.2, -0.15) is 0 Å². The molecule has 0 amide bonds. The fraction of sp³-hybridized carbons (Fsp3) is 0.667. The maximum absolute atomic E-state index is 6.58. The first-order valence-electron chi connectivity index (χ1n) is 11.9. The first-order chi connectivity index (χ1) is 14.7. The van der Waals surface area contributed by atoms with Gasteiger partial charge >= 0.3 is 0 Å². The average molecular weight is 408 g/mol. The Kier molecular flexibility index (Phi) is 3.80. The number of nitrogens with two attached hydrogens (primary N) is 1. The van der Waals surface area contributed by atoms with Crippen molar-refractivity contribution in [3.63, 3.8) is 0 Å². The fourth-order valence-corrected chi connectivity index (χ4v) is 7.80. The Labute approximate surface area is 178 Å². The van der Waals surface area contributed by atoms with Crippen molar-refractivity contribution in [2.24, 2.45) is 23.2 Å². The summed E-state index contributed by atoms with van der Waals surface area (Å²) in [7, 11) is 0. The SMILES string of the molecule is Nc1cccc2c3c(oc12)C(C1(C2CC4CCN(C4)C2)CC2CCN(C2)C1)NCN3. The highest BCUT2D eigenvalue weighted by Crippen LogP contribution is 2.57. The second-order valence-electron chi connectivity index (χ2n) is 10.7. The second kappa shape index (κ2) is 6.38. The van der Waals surface area contributed by atoms with E-state index >= 15 is 0 Å². The zero-order valence-corrected chi connectivity index (χ0v) is 17.7. The van der Waals surface area contributed by atoms with Crippen LogP contribution < -0.4 is 16.4 Å². The highest BCUT2D eigenvalue weighted by molar-refractivity contribution is 5.99. The lowest BCUT2D eigenvalue weighted by atomic mass is 9.60. The van der Waals surface area contributed by atoms with Gasteiger partial charge in [-0.3, -0.25) is 5.32 Å². The summed E-state index contributed by atoms with van der Waals surface area (Å²) in [6.07, 6.45) is 5.48. The van der Waals surface area contributed by atoms with Gasteiger partial charge in [-0.15, -0.1) is 0 Å². The van der Waals surface area contributed by atoms with E-state index in [1.54, 1.807) is 0 Å². The van der Waals surface area contributed by atoms with Crippen LogP contribution in [0.25, 0.3) is 11.0 Å². The molecule has 4 saturated heterocycles. The Bertz CT molecular complexity index is 961. The van der Waals surface area contributed by atoms with Crippen molar-refractivity contribution in [1.82, 2.24) is 15.1 Å². The van der Waals surface area contributed by atoms with Gasteiger partial charge in [-0.25, -0.2) is 0 Å². The molecule has 5 aliphatic heterocycles. The van der Waals surface area contributed by atoms with Crippen LogP contribution in [0, 0.1) is 23.2 Å². The monoisotopic (exact) mass is 407 g/mol. The Morgan fingerprint density at radius 3 is 2.83 bits per heavy atom. The van der Waals surface area contributed by atoms with E-state index < -0.39 is 0 Å². The van der Waals surface area contributed by atoms with Crippen molar-refractivity contribution in [3.8, 4) is 0 Å². The van der Waals surface area contributed by atoms with Gasteiger partial charge < -0.3 is 25.3 Å². The Morgan fingerprint density at radius 2 is 1.93 bits per heavy atom. The molecule has 0 saturated carbocycles. The van der Waals surface area contributed by atoms with E-state index in [2.05, 4.69) is 26.5 Å². The van der Waals surface area contributed by atoms with Crippen LogP contribution in [0.1, 0.15) is 37.5 Å². The van der Waals surface area contributed by atoms with Crippen LogP contribution in [-0.4, -0.2) is 55.7 Å². The largest absolute Gasteiger partial charge is 0.455 e. The van der Waals surface area contributed by atoms with Crippen molar-refractivity contribution in [1.29, 1.82) is 0 Å². The Morgan fingerprint density at radius 1 is 1.07 bits per heavy atom. The molecular formula is C24H33N5O. The number of nitrogens with one attached hydrogen (secondary N) is 2. The van der Waals surface area contributed by atoms with Crippen LogP contribution in [0.15, 0.2) is 22.6 Å². The highest BCUT2D eigenvalue weighted by atomic mass is 16.3. The van der Waals surface area contributed by atoms with Crippen molar-refractivity contribution in [2.45, 2.75) is 31.7 Å². The molecule has 4 fully saturated rings. The number of hydrogen-bond donors (Lipinski definition) is 3. The summed E-state index contributed by atoms with van der Waals surface area (Å²) in [5.74, 6) is 3.56. The number of nitrogens with zero attached hydrogens (tertiary/aromatic N) is 2. The van der Waals surface area contributed by atoms with Crippen molar-refractivity contribution < 1.29 is 4.42 Å². The molecule has 7 rings (SSSR count). The van der Waals surface area contributed by atoms with Gasteiger partial charge in [0.15, 0.2) is 5.58 Å². The van der Waals surface area contributed by atoms with Gasteiger partial charge in [0.2, 0.25) is 0 Å². The summed E-state index contributed by atoms with van der Waals surface area (Å²) >= 11 is 0. The fourth-order valence-electron chi connectivity index (χ4n) is 7.80. The number of hydrogen-bond acceptors (Lipinski definition) is 6. The molecule has 160 valence electrons. The summed E-state index contributed by atoms with van der Waals surface area (Å²) in [5.41, 5.74) is 9.31. The molecule has 4 N–H and O–H groups in total. The van der Waals surface area contributed by atoms with Crippen molar-refractivity contribution >= 4 is 22.3 Å². The number of anilines is 2. The van der Waals surface area contributed by atoms with Gasteiger partial charge in [0, 0.05) is 37.0 Å². The van der Waals surface area contributed by atoms with Gasteiger partial charge in [0.05, 0.1) is 24.1 Å². The maximum atomic E-state index is 6.58. The van der Waals surface area contributed by atoms with E-state index in [-0.39, 0.29) is 11.5 Å². The van der Waals surface area contributed by atoms with Crippen LogP contribution in [0.3, 0.4) is 0 Å². The van der Waals surface area contributed by atoms with E-state index in [0.717, 1.165) is 46.8 Å². The zero-order valence-electron chi connectivity index (χ0n) is 17.7. The maximum Gasteiger partial charge on any atom is 0.159 e. The van der Waals surface area contributed by atoms with E-state index in [4.69, 9.17) is 10.2 Å². The van der Waals surface area contributed by atoms with E-state index in [1.165, 1.54) is 70.6 Å². The van der Waals surface area contributed by atoms with E-state index in [1.807, 2.05) is 12.1 Å². The second-order valence-corrected chi connectivity index (χ2v) is 10.7. The molecular weight excluding hydrogens is 374 g/mol. The van der Waals surface area contributed by atoms with Gasteiger partial charge in [0.25, 0.3) is 0 Å². The minimum atomic E-state index is 0.236. The lowest BCUT2D eigenvalue weighted by Crippen LogP contribution is -2.58. The summed E-state index contributed by atoms with van der Waals surface area (Å²) in [4.78, 5) is 5.49. The molecule has 0 spiro atoms. The molecule has 7 atom stereocenters. The van der Waals surface area contributed by atoms with Crippen LogP contribution in [0.5, 0.6) is 0 Å². The van der Waals surface area contributed by atoms with Gasteiger partial charge in [-0.05, 0) is 68.7 Å². The molecule has 6 heteroatoms. The standard InChI is InChI=1S/C24H33N5O/c25-19-3-1-2-18-20-22(30-21(18)19)23(27-14-26-20)24(9-16-5-7-29(11-16)13-24)17-8-15-4-6-28(10-15)12-17/h1-3,15-17,23,26-27H,4-14,25H2. The first kappa shape index (κ1) is 17.9. The lowest BCUT2D eigenvalue weighted by molar-refractivity contribution is -0.0332. The number of rotatable bonds is 2. The smallest absolute Gasteiger partial charge is 0.159 e. The number of benzene rings is 1. The zero-order chi connectivity index (χ0) is 19.9. The third-order valence-electron chi connectivity index (χ3n) is 9.02. The van der Waals surface area contributed by atoms with Crippen LogP contribution >= 0.6 is 0 Å². The van der Waals surface area contributed by atoms with E-state index in [9.17, 15) is 0 Å². The van der Waals surface area contributed by atoms with Gasteiger partial charge in [0.1, 0.15) is 5.76 Å². The minimum absolute atomic E-state index is 0.236. The number of piperidine rings is 2. The third-order valence-corrected chi connectivity index (χ3v) is 9.02. The number of para-hydroxylation sites is 1.